The smallest absolute Gasteiger partial charge is 0.312 e. The molecule has 1 aliphatic rings. The Labute approximate surface area is 74.0 Å². The predicted molar refractivity (Wildman–Crippen MR) is 45.3 cm³/mol. The molecule has 2 N–H and O–H groups in total. The third-order valence-corrected chi connectivity index (χ3v) is 2.24. The van der Waals surface area contributed by atoms with E-state index in [1.807, 2.05) is 0 Å². The first kappa shape index (κ1) is 7.76. The number of aromatic amines is 1. The van der Waals surface area contributed by atoms with Crippen LogP contribution in [0.3, 0.4) is 0 Å². The zero-order valence-corrected chi connectivity index (χ0v) is 7.11. The number of fused-ring (bicyclic) bond motifs is 1. The molecular formula is C7H8ClN3O. The standard InChI is InChI=1S/C7H8ClN3O/c8-6-4-3-9-2-1-5(4)10-7(12)11-6/h9H,1-3H2,(H,10,11,12). The highest BCUT2D eigenvalue weighted by atomic mass is 35.5. The van der Waals surface area contributed by atoms with Crippen molar-refractivity contribution >= 4 is 11.6 Å². The first-order valence-corrected chi connectivity index (χ1v) is 4.13. The number of nitrogens with one attached hydrogen (secondary N) is 2. The molecular weight excluding hydrogens is 178 g/mol. The fourth-order valence-corrected chi connectivity index (χ4v) is 1.59. The van der Waals surface area contributed by atoms with Gasteiger partial charge in [0.1, 0.15) is 5.15 Å². The molecule has 0 fully saturated rings. The van der Waals surface area contributed by atoms with E-state index in [0.717, 1.165) is 24.2 Å². The molecule has 64 valence electrons. The molecule has 0 radical (unpaired) electrons. The van der Waals surface area contributed by atoms with Gasteiger partial charge in [-0.15, -0.1) is 0 Å². The van der Waals surface area contributed by atoms with Gasteiger partial charge in [-0.25, -0.2) is 4.79 Å². The fourth-order valence-electron chi connectivity index (χ4n) is 1.33. The molecule has 0 spiro atoms. The van der Waals surface area contributed by atoms with Crippen LogP contribution in [0.1, 0.15) is 11.3 Å². The third kappa shape index (κ3) is 1.23. The summed E-state index contributed by atoms with van der Waals surface area (Å²) < 4.78 is 0. The average Bonchev–Trinajstić information content (AvgIpc) is 2.04. The summed E-state index contributed by atoms with van der Waals surface area (Å²) in [5.41, 5.74) is 1.47. The van der Waals surface area contributed by atoms with Crippen LogP contribution in [0.4, 0.5) is 0 Å². The molecule has 1 aliphatic heterocycles. The highest BCUT2D eigenvalue weighted by molar-refractivity contribution is 6.30. The van der Waals surface area contributed by atoms with Crippen molar-refractivity contribution in [3.8, 4) is 0 Å². The number of rotatable bonds is 0. The molecule has 0 amide bonds. The van der Waals surface area contributed by atoms with Gasteiger partial charge >= 0.3 is 5.69 Å². The van der Waals surface area contributed by atoms with Crippen molar-refractivity contribution in [1.29, 1.82) is 0 Å². The van der Waals surface area contributed by atoms with Crippen molar-refractivity contribution < 1.29 is 0 Å². The maximum absolute atomic E-state index is 10.9. The lowest BCUT2D eigenvalue weighted by atomic mass is 10.1. The molecule has 0 bridgehead atoms. The lowest BCUT2D eigenvalue weighted by molar-refractivity contribution is 0.622. The third-order valence-electron chi connectivity index (χ3n) is 1.92. The second kappa shape index (κ2) is 2.88. The molecule has 12 heavy (non-hydrogen) atoms. The van der Waals surface area contributed by atoms with E-state index >= 15 is 0 Å². The van der Waals surface area contributed by atoms with Crippen LogP contribution >= 0.6 is 11.6 Å². The van der Waals surface area contributed by atoms with Gasteiger partial charge in [0.05, 0.1) is 0 Å². The Bertz CT molecular complexity index is 360. The van der Waals surface area contributed by atoms with E-state index in [4.69, 9.17) is 11.6 Å². The Balaban J connectivity index is 2.60. The molecule has 0 saturated carbocycles. The molecule has 1 aromatic heterocycles. The molecule has 0 aliphatic carbocycles. The molecule has 0 aromatic carbocycles. The normalized spacial score (nSPS) is 15.8. The van der Waals surface area contributed by atoms with Gasteiger partial charge in [0, 0.05) is 30.8 Å². The van der Waals surface area contributed by atoms with Crippen molar-refractivity contribution in [2.45, 2.75) is 13.0 Å². The van der Waals surface area contributed by atoms with E-state index < -0.39 is 0 Å². The van der Waals surface area contributed by atoms with E-state index in [0.29, 0.717) is 11.7 Å². The minimum atomic E-state index is -0.361. The number of hydrogen-bond acceptors (Lipinski definition) is 3. The van der Waals surface area contributed by atoms with Crippen molar-refractivity contribution in [3.63, 3.8) is 0 Å². The van der Waals surface area contributed by atoms with Gasteiger partial charge in [-0.05, 0) is 0 Å². The van der Waals surface area contributed by atoms with Gasteiger partial charge in [-0.3, -0.25) is 0 Å². The van der Waals surface area contributed by atoms with Crippen molar-refractivity contribution in [1.82, 2.24) is 15.3 Å². The van der Waals surface area contributed by atoms with Gasteiger partial charge in [0.15, 0.2) is 0 Å². The SMILES string of the molecule is O=c1nc(Cl)c2c([nH]1)CCNC2. The quantitative estimate of drug-likeness (QED) is 0.563. The molecule has 2 heterocycles. The first-order valence-electron chi connectivity index (χ1n) is 3.75. The Morgan fingerprint density at radius 1 is 1.50 bits per heavy atom. The molecule has 1 aromatic rings. The van der Waals surface area contributed by atoms with Gasteiger partial charge in [-0.1, -0.05) is 11.6 Å². The fraction of sp³-hybridized carbons (Fsp3) is 0.429. The van der Waals surface area contributed by atoms with Crippen molar-refractivity contribution in [3.05, 3.63) is 26.9 Å². The van der Waals surface area contributed by atoms with Crippen LogP contribution < -0.4 is 11.0 Å². The molecule has 0 atom stereocenters. The van der Waals surface area contributed by atoms with Gasteiger partial charge in [0.2, 0.25) is 0 Å². The molecule has 0 saturated heterocycles. The van der Waals surface area contributed by atoms with Crippen LogP contribution in [0, 0.1) is 0 Å². The number of nitrogens with zero attached hydrogens (tertiary/aromatic N) is 1. The molecule has 0 unspecified atom stereocenters. The summed E-state index contributed by atoms with van der Waals surface area (Å²) >= 11 is 5.78. The van der Waals surface area contributed by atoms with Crippen LogP contribution in [0.25, 0.3) is 0 Å². The summed E-state index contributed by atoms with van der Waals surface area (Å²) in [6, 6.07) is 0. The maximum Gasteiger partial charge on any atom is 0.346 e. The monoisotopic (exact) mass is 185 g/mol. The topological polar surface area (TPSA) is 57.8 Å². The lowest BCUT2D eigenvalue weighted by Crippen LogP contribution is -2.28. The second-order valence-electron chi connectivity index (χ2n) is 2.72. The lowest BCUT2D eigenvalue weighted by Gasteiger charge is -2.16. The van der Waals surface area contributed by atoms with Gasteiger partial charge in [-0.2, -0.15) is 4.98 Å². The number of H-pyrrole nitrogens is 1. The summed E-state index contributed by atoms with van der Waals surface area (Å²) in [5, 5.41) is 3.48. The number of halogens is 1. The zero-order chi connectivity index (χ0) is 8.55. The highest BCUT2D eigenvalue weighted by Crippen LogP contribution is 2.16. The minimum Gasteiger partial charge on any atom is -0.312 e. The Morgan fingerprint density at radius 3 is 3.17 bits per heavy atom. The van der Waals surface area contributed by atoms with Crippen LogP contribution in [0.15, 0.2) is 4.79 Å². The Kier molecular flexibility index (Phi) is 1.86. The van der Waals surface area contributed by atoms with Crippen LogP contribution in [0.5, 0.6) is 0 Å². The highest BCUT2D eigenvalue weighted by Gasteiger charge is 2.13. The van der Waals surface area contributed by atoms with Gasteiger partial charge < -0.3 is 10.3 Å². The second-order valence-corrected chi connectivity index (χ2v) is 3.07. The van der Waals surface area contributed by atoms with E-state index in [9.17, 15) is 4.79 Å². The number of aromatic nitrogens is 2. The summed E-state index contributed by atoms with van der Waals surface area (Å²) in [5.74, 6) is 0. The average molecular weight is 186 g/mol. The Morgan fingerprint density at radius 2 is 2.33 bits per heavy atom. The zero-order valence-electron chi connectivity index (χ0n) is 6.35. The largest absolute Gasteiger partial charge is 0.346 e. The van der Waals surface area contributed by atoms with Crippen LogP contribution in [0.2, 0.25) is 5.15 Å². The predicted octanol–water partition coefficient (Wildman–Crippen LogP) is 0.0690. The molecule has 5 heteroatoms. The number of hydrogen-bond donors (Lipinski definition) is 2. The summed E-state index contributed by atoms with van der Waals surface area (Å²) in [4.78, 5) is 17.2. The van der Waals surface area contributed by atoms with E-state index in [2.05, 4.69) is 15.3 Å². The van der Waals surface area contributed by atoms with E-state index in [-0.39, 0.29) is 5.69 Å². The first-order chi connectivity index (χ1) is 5.77. The van der Waals surface area contributed by atoms with Crippen LogP contribution in [-0.2, 0) is 13.0 Å². The van der Waals surface area contributed by atoms with Crippen molar-refractivity contribution in [2.24, 2.45) is 0 Å². The van der Waals surface area contributed by atoms with Gasteiger partial charge in [0.25, 0.3) is 0 Å². The molecule has 2 rings (SSSR count). The Hall–Kier alpha value is -0.870. The summed E-state index contributed by atoms with van der Waals surface area (Å²) in [7, 11) is 0. The minimum absolute atomic E-state index is 0.320. The van der Waals surface area contributed by atoms with E-state index in [1.54, 1.807) is 0 Å². The summed E-state index contributed by atoms with van der Waals surface area (Å²) in [6.07, 6.45) is 0.812. The summed E-state index contributed by atoms with van der Waals surface area (Å²) in [6.45, 7) is 1.57. The van der Waals surface area contributed by atoms with Crippen LogP contribution in [-0.4, -0.2) is 16.5 Å². The maximum atomic E-state index is 10.9. The van der Waals surface area contributed by atoms with E-state index in [1.165, 1.54) is 0 Å². The van der Waals surface area contributed by atoms with Crippen molar-refractivity contribution in [2.75, 3.05) is 6.54 Å². The molecule has 4 nitrogen and oxygen atoms in total.